The Kier molecular flexibility index (Phi) is 6.31. The fraction of sp³-hybridized carbons (Fsp3) is 0.400. The summed E-state index contributed by atoms with van der Waals surface area (Å²) in [7, 11) is 1.34. The lowest BCUT2D eigenvalue weighted by molar-refractivity contribution is -0.119. The Bertz CT molecular complexity index is 1150. The van der Waals surface area contributed by atoms with Gasteiger partial charge in [-0.1, -0.05) is 0 Å². The van der Waals surface area contributed by atoms with E-state index in [9.17, 15) is 9.59 Å². The van der Waals surface area contributed by atoms with Gasteiger partial charge < -0.3 is 19.2 Å². The molecule has 0 bridgehead atoms. The summed E-state index contributed by atoms with van der Waals surface area (Å²) in [5.41, 5.74) is 1.76. The molecule has 1 aliphatic rings. The normalized spacial score (nSPS) is 14.7. The lowest BCUT2D eigenvalue weighted by atomic mass is 9.94. The van der Waals surface area contributed by atoms with Crippen molar-refractivity contribution >= 4 is 35.3 Å². The van der Waals surface area contributed by atoms with E-state index in [0.29, 0.717) is 32.8 Å². The number of likely N-dealkylation sites (tertiary alicyclic amines) is 1. The minimum atomic E-state index is -0.427. The number of hydrogen-bond acceptors (Lipinski definition) is 8. The quantitative estimate of drug-likeness (QED) is 0.422. The van der Waals surface area contributed by atoms with E-state index in [1.807, 2.05) is 9.47 Å². The van der Waals surface area contributed by atoms with Crippen molar-refractivity contribution in [3.63, 3.8) is 0 Å². The van der Waals surface area contributed by atoms with Gasteiger partial charge in [0.1, 0.15) is 10.5 Å². The van der Waals surface area contributed by atoms with Crippen LogP contribution in [-0.4, -0.2) is 62.0 Å². The van der Waals surface area contributed by atoms with Crippen molar-refractivity contribution in [1.29, 1.82) is 5.41 Å². The molecular formula is C20H23N7O3S. The number of hydrogen-bond donors (Lipinski definition) is 2. The van der Waals surface area contributed by atoms with E-state index in [1.165, 1.54) is 18.9 Å². The van der Waals surface area contributed by atoms with Gasteiger partial charge in [-0.15, -0.1) is 0 Å². The van der Waals surface area contributed by atoms with Crippen LogP contribution in [0.4, 0.5) is 0 Å². The first kappa shape index (κ1) is 21.0. The number of ether oxygens (including phenoxy) is 1. The average Bonchev–Trinajstić information content (AvgIpc) is 3.23. The number of aromatic nitrogens is 5. The maximum atomic E-state index is 11.7. The molecular weight excluding hydrogens is 418 g/mol. The van der Waals surface area contributed by atoms with Gasteiger partial charge in [0, 0.05) is 25.8 Å². The number of esters is 1. The first-order chi connectivity index (χ1) is 15.1. The molecule has 1 saturated heterocycles. The third kappa shape index (κ3) is 4.76. The van der Waals surface area contributed by atoms with E-state index in [2.05, 4.69) is 19.9 Å². The number of aromatic amines is 1. The fourth-order valence-corrected chi connectivity index (χ4v) is 4.43. The van der Waals surface area contributed by atoms with Crippen molar-refractivity contribution in [2.75, 3.05) is 20.2 Å². The van der Waals surface area contributed by atoms with Gasteiger partial charge in [-0.05, 0) is 49.1 Å². The molecule has 0 atom stereocenters. The zero-order valence-corrected chi connectivity index (χ0v) is 17.9. The first-order valence-electron chi connectivity index (χ1n) is 9.98. The highest BCUT2D eigenvalue weighted by molar-refractivity contribution is 7.99. The number of amides is 1. The van der Waals surface area contributed by atoms with E-state index in [-0.39, 0.29) is 5.49 Å². The van der Waals surface area contributed by atoms with Crippen molar-refractivity contribution < 1.29 is 14.3 Å². The summed E-state index contributed by atoms with van der Waals surface area (Å²) < 4.78 is 6.71. The molecule has 3 aromatic heterocycles. The Hall–Kier alpha value is -3.21. The molecule has 0 radical (unpaired) electrons. The number of carbonyl (C=O) groups is 2. The molecule has 0 aromatic carbocycles. The Balaban J connectivity index is 1.51. The average molecular weight is 442 g/mol. The molecule has 4 rings (SSSR count). The van der Waals surface area contributed by atoms with Gasteiger partial charge in [0.2, 0.25) is 6.41 Å². The van der Waals surface area contributed by atoms with Crippen LogP contribution < -0.4 is 5.49 Å². The monoisotopic (exact) mass is 441 g/mol. The van der Waals surface area contributed by atoms with E-state index in [4.69, 9.17) is 10.1 Å². The fourth-order valence-electron chi connectivity index (χ4n) is 3.65. The smallest absolute Gasteiger partial charge is 0.337 e. The number of nitrogens with zero attached hydrogens (tertiary/aromatic N) is 5. The topological polar surface area (TPSA) is 130 Å². The Labute approximate surface area is 182 Å². The maximum Gasteiger partial charge on any atom is 0.337 e. The highest BCUT2D eigenvalue weighted by Crippen LogP contribution is 2.26. The molecule has 1 amide bonds. The molecule has 1 aliphatic heterocycles. The summed E-state index contributed by atoms with van der Waals surface area (Å²) in [6, 6.07) is 3.23. The van der Waals surface area contributed by atoms with Crippen LogP contribution in [0.3, 0.4) is 0 Å². The van der Waals surface area contributed by atoms with E-state index >= 15 is 0 Å². The zero-order chi connectivity index (χ0) is 21.8. The van der Waals surface area contributed by atoms with E-state index < -0.39 is 5.97 Å². The SMILES string of the molecule is COC(=O)c1ccnc(Sc2nc3c([nH]2)c(=N)ncn3CCC2CCN(C=O)CC2)c1. The number of carbonyl (C=O) groups excluding carboxylic acids is 2. The minimum Gasteiger partial charge on any atom is -0.465 e. The molecule has 0 unspecified atom stereocenters. The number of fused-ring (bicyclic) bond motifs is 1. The summed E-state index contributed by atoms with van der Waals surface area (Å²) >= 11 is 1.27. The molecule has 0 saturated carbocycles. The van der Waals surface area contributed by atoms with Crippen LogP contribution in [0.15, 0.2) is 34.8 Å². The summed E-state index contributed by atoms with van der Waals surface area (Å²) in [5, 5.41) is 9.28. The molecule has 162 valence electrons. The number of pyridine rings is 1. The summed E-state index contributed by atoms with van der Waals surface area (Å²) in [5.74, 6) is 0.121. The minimum absolute atomic E-state index is 0.126. The standard InChI is InChI=1S/C20H23N7O3S/c1-30-19(29)14-2-6-22-15(10-14)31-20-24-16-17(21)23-11-27(18(16)25-20)9-5-13-3-7-26(12-28)8-4-13/h2,6,10-13,21H,3-5,7-9H2,1H3,(H,24,25). The summed E-state index contributed by atoms with van der Waals surface area (Å²) in [4.78, 5) is 40.7. The number of nitrogens with one attached hydrogen (secondary N) is 2. The first-order valence-corrected chi connectivity index (χ1v) is 10.8. The second-order valence-electron chi connectivity index (χ2n) is 7.38. The van der Waals surface area contributed by atoms with Gasteiger partial charge >= 0.3 is 5.97 Å². The van der Waals surface area contributed by atoms with Crippen LogP contribution in [0.1, 0.15) is 29.6 Å². The number of H-pyrrole nitrogens is 1. The Morgan fingerprint density at radius 2 is 2.19 bits per heavy atom. The van der Waals surface area contributed by atoms with Crippen LogP contribution >= 0.6 is 11.8 Å². The predicted molar refractivity (Wildman–Crippen MR) is 112 cm³/mol. The molecule has 10 nitrogen and oxygen atoms in total. The molecule has 0 spiro atoms. The molecule has 3 aromatic rings. The predicted octanol–water partition coefficient (Wildman–Crippen LogP) is 1.83. The molecule has 11 heteroatoms. The second kappa shape index (κ2) is 9.29. The third-order valence-electron chi connectivity index (χ3n) is 5.43. The van der Waals surface area contributed by atoms with Gasteiger partial charge in [-0.3, -0.25) is 10.2 Å². The number of piperidine rings is 1. The van der Waals surface area contributed by atoms with E-state index in [0.717, 1.165) is 45.3 Å². The van der Waals surface area contributed by atoms with Crippen molar-refractivity contribution in [2.24, 2.45) is 5.92 Å². The number of aryl methyl sites for hydroxylation is 1. The highest BCUT2D eigenvalue weighted by atomic mass is 32.2. The Morgan fingerprint density at radius 3 is 2.94 bits per heavy atom. The van der Waals surface area contributed by atoms with Crippen LogP contribution in [0.25, 0.3) is 11.2 Å². The number of methoxy groups -OCH3 is 1. The molecule has 2 N–H and O–H groups in total. The van der Waals surface area contributed by atoms with E-state index in [1.54, 1.807) is 24.7 Å². The van der Waals surface area contributed by atoms with Crippen LogP contribution in [-0.2, 0) is 16.1 Å². The van der Waals surface area contributed by atoms with Gasteiger partial charge in [0.25, 0.3) is 0 Å². The maximum absolute atomic E-state index is 11.7. The summed E-state index contributed by atoms with van der Waals surface area (Å²) in [6.07, 6.45) is 7.07. The largest absolute Gasteiger partial charge is 0.465 e. The molecule has 31 heavy (non-hydrogen) atoms. The lowest BCUT2D eigenvalue weighted by Gasteiger charge is -2.29. The van der Waals surface area contributed by atoms with Crippen LogP contribution in [0.2, 0.25) is 0 Å². The van der Waals surface area contributed by atoms with Crippen LogP contribution in [0, 0.1) is 11.3 Å². The Morgan fingerprint density at radius 1 is 1.39 bits per heavy atom. The molecule has 4 heterocycles. The molecule has 0 aliphatic carbocycles. The molecule has 1 fully saturated rings. The van der Waals surface area contributed by atoms with Crippen molar-refractivity contribution in [3.05, 3.63) is 35.7 Å². The van der Waals surface area contributed by atoms with Crippen LogP contribution in [0.5, 0.6) is 0 Å². The highest BCUT2D eigenvalue weighted by Gasteiger charge is 2.19. The summed E-state index contributed by atoms with van der Waals surface area (Å²) in [6.45, 7) is 2.35. The lowest BCUT2D eigenvalue weighted by Crippen LogP contribution is -2.32. The third-order valence-corrected chi connectivity index (χ3v) is 6.25. The number of rotatable bonds is 7. The van der Waals surface area contributed by atoms with Crippen molar-refractivity contribution in [2.45, 2.75) is 36.0 Å². The van der Waals surface area contributed by atoms with Gasteiger partial charge in [0.15, 0.2) is 16.3 Å². The zero-order valence-electron chi connectivity index (χ0n) is 17.1. The van der Waals surface area contributed by atoms with Crippen molar-refractivity contribution in [1.82, 2.24) is 29.4 Å². The number of imidazole rings is 1. The van der Waals surface area contributed by atoms with Gasteiger partial charge in [0.05, 0.1) is 19.0 Å². The van der Waals surface area contributed by atoms with Crippen molar-refractivity contribution in [3.8, 4) is 0 Å². The van der Waals surface area contributed by atoms with Gasteiger partial charge in [-0.25, -0.2) is 19.7 Å². The van der Waals surface area contributed by atoms with Gasteiger partial charge in [-0.2, -0.15) is 0 Å². The second-order valence-corrected chi connectivity index (χ2v) is 8.39.